The minimum atomic E-state index is -0.241. The predicted molar refractivity (Wildman–Crippen MR) is 152 cm³/mol. The Balaban J connectivity index is 1.40. The molecule has 0 spiro atoms. The van der Waals surface area contributed by atoms with Crippen molar-refractivity contribution in [1.82, 2.24) is 19.7 Å². The number of nitrogens with one attached hydrogen (secondary N) is 1. The number of nitrogens with zero attached hydrogens (tertiary/aromatic N) is 4. The third-order valence-electron chi connectivity index (χ3n) is 5.58. The van der Waals surface area contributed by atoms with Gasteiger partial charge in [0.15, 0.2) is 11.0 Å². The highest BCUT2D eigenvalue weighted by Gasteiger charge is 2.20. The van der Waals surface area contributed by atoms with Gasteiger partial charge in [0.25, 0.3) is 5.91 Å². The molecule has 6 nitrogen and oxygen atoms in total. The number of aryl methyl sites for hydroxylation is 2. The Hall–Kier alpha value is -3.17. The number of hydrogen-bond donors (Lipinski definition) is 1. The second-order valence-electron chi connectivity index (χ2n) is 8.29. The molecule has 1 N–H and O–H groups in total. The first-order chi connectivity index (χ1) is 17.9. The molecule has 5 rings (SSSR count). The van der Waals surface area contributed by atoms with Crippen LogP contribution in [0.25, 0.3) is 17.1 Å². The first kappa shape index (κ1) is 25.5. The number of carbonyl (C=O) groups excluding carboxylic acids is 1. The van der Waals surface area contributed by atoms with Gasteiger partial charge in [-0.25, -0.2) is 4.98 Å². The molecule has 0 radical (unpaired) electrons. The number of rotatable bonds is 7. The molecule has 1 amide bonds. The van der Waals surface area contributed by atoms with E-state index in [1.54, 1.807) is 5.38 Å². The first-order valence-corrected chi connectivity index (χ1v) is 13.9. The van der Waals surface area contributed by atoms with Crippen molar-refractivity contribution in [3.63, 3.8) is 0 Å². The average molecular weight is 567 g/mol. The third-order valence-corrected chi connectivity index (χ3v) is 8.12. The van der Waals surface area contributed by atoms with E-state index < -0.39 is 0 Å². The lowest BCUT2D eigenvalue weighted by Gasteiger charge is -2.14. The van der Waals surface area contributed by atoms with Crippen molar-refractivity contribution in [3.05, 3.63) is 104 Å². The van der Waals surface area contributed by atoms with Gasteiger partial charge in [-0.15, -0.1) is 21.5 Å². The minimum absolute atomic E-state index is 0.241. The molecule has 0 aliphatic rings. The molecule has 2 heterocycles. The predicted octanol–water partition coefficient (Wildman–Crippen LogP) is 7.86. The van der Waals surface area contributed by atoms with Crippen LogP contribution in [0.4, 0.5) is 5.69 Å². The van der Waals surface area contributed by atoms with Gasteiger partial charge in [-0.1, -0.05) is 70.9 Å². The standard InChI is InChI=1S/C27H21Cl2N5OS2/c1-16-7-11-19(12-8-16)30-26(35)22-14-36-24(31-22)15-37-27-33-32-25(20-5-3-4-6-21(20)29)34(27)23-13-18(28)10-9-17(23)2/h3-14H,15H2,1-2H3,(H,30,35). The van der Waals surface area contributed by atoms with Crippen LogP contribution in [-0.4, -0.2) is 25.7 Å². The van der Waals surface area contributed by atoms with E-state index in [1.165, 1.54) is 23.1 Å². The molecule has 0 unspecified atom stereocenters. The fourth-order valence-corrected chi connectivity index (χ4v) is 5.78. The van der Waals surface area contributed by atoms with Crippen molar-refractivity contribution in [3.8, 4) is 17.1 Å². The van der Waals surface area contributed by atoms with Gasteiger partial charge < -0.3 is 5.32 Å². The highest BCUT2D eigenvalue weighted by atomic mass is 35.5. The molecule has 0 saturated carbocycles. The number of carbonyl (C=O) groups is 1. The molecule has 186 valence electrons. The minimum Gasteiger partial charge on any atom is -0.321 e. The smallest absolute Gasteiger partial charge is 0.275 e. The monoisotopic (exact) mass is 565 g/mol. The zero-order valence-corrected chi connectivity index (χ0v) is 23.0. The zero-order valence-electron chi connectivity index (χ0n) is 19.9. The fraction of sp³-hybridized carbons (Fsp3) is 0.111. The molecule has 0 aliphatic heterocycles. The number of aromatic nitrogens is 4. The number of thioether (sulfide) groups is 1. The van der Waals surface area contributed by atoms with Crippen molar-refractivity contribution in [2.24, 2.45) is 0 Å². The van der Waals surface area contributed by atoms with Gasteiger partial charge in [-0.2, -0.15) is 0 Å². The summed E-state index contributed by atoms with van der Waals surface area (Å²) in [6, 6.07) is 20.9. The van der Waals surface area contributed by atoms with E-state index in [-0.39, 0.29) is 5.91 Å². The number of hydrogen-bond acceptors (Lipinski definition) is 6. The van der Waals surface area contributed by atoms with Gasteiger partial charge in [0.1, 0.15) is 10.7 Å². The maximum Gasteiger partial charge on any atom is 0.275 e. The van der Waals surface area contributed by atoms with Crippen molar-refractivity contribution < 1.29 is 4.79 Å². The second-order valence-corrected chi connectivity index (χ2v) is 11.0. The van der Waals surface area contributed by atoms with Crippen molar-refractivity contribution >= 4 is 57.9 Å². The summed E-state index contributed by atoms with van der Waals surface area (Å²) in [6.45, 7) is 4.01. The molecular weight excluding hydrogens is 545 g/mol. The molecule has 37 heavy (non-hydrogen) atoms. The van der Waals surface area contributed by atoms with Crippen LogP contribution in [0.2, 0.25) is 10.0 Å². The molecule has 2 aromatic heterocycles. The van der Waals surface area contributed by atoms with E-state index in [0.29, 0.717) is 32.5 Å². The summed E-state index contributed by atoms with van der Waals surface area (Å²) >= 11 is 15.8. The molecule has 5 aromatic rings. The summed E-state index contributed by atoms with van der Waals surface area (Å²) in [6.07, 6.45) is 0. The Kier molecular flexibility index (Phi) is 7.62. The van der Waals surface area contributed by atoms with Crippen molar-refractivity contribution in [2.45, 2.75) is 24.8 Å². The van der Waals surface area contributed by atoms with E-state index in [9.17, 15) is 4.79 Å². The quantitative estimate of drug-likeness (QED) is 0.203. The number of amides is 1. The van der Waals surface area contributed by atoms with E-state index in [1.807, 2.05) is 85.1 Å². The molecule has 10 heteroatoms. The van der Waals surface area contributed by atoms with Gasteiger partial charge in [-0.05, 0) is 55.8 Å². The molecule has 0 fully saturated rings. The average Bonchev–Trinajstić information content (AvgIpc) is 3.53. The van der Waals surface area contributed by atoms with Crippen LogP contribution in [-0.2, 0) is 5.75 Å². The number of benzene rings is 3. The van der Waals surface area contributed by atoms with E-state index in [4.69, 9.17) is 23.2 Å². The summed E-state index contributed by atoms with van der Waals surface area (Å²) in [4.78, 5) is 17.2. The van der Waals surface area contributed by atoms with E-state index in [2.05, 4.69) is 20.5 Å². The second kappa shape index (κ2) is 11.1. The van der Waals surface area contributed by atoms with E-state index >= 15 is 0 Å². The van der Waals surface area contributed by atoms with Crippen LogP contribution in [0.5, 0.6) is 0 Å². The Morgan fingerprint density at radius 1 is 1.03 bits per heavy atom. The lowest BCUT2D eigenvalue weighted by atomic mass is 10.1. The highest BCUT2D eigenvalue weighted by molar-refractivity contribution is 7.98. The largest absolute Gasteiger partial charge is 0.321 e. The van der Waals surface area contributed by atoms with Crippen LogP contribution in [0.3, 0.4) is 0 Å². The molecule has 0 saturated heterocycles. The van der Waals surface area contributed by atoms with Gasteiger partial charge in [0.05, 0.1) is 16.5 Å². The first-order valence-electron chi connectivity index (χ1n) is 11.3. The highest BCUT2D eigenvalue weighted by Crippen LogP contribution is 2.35. The lowest BCUT2D eigenvalue weighted by Crippen LogP contribution is -2.12. The van der Waals surface area contributed by atoms with Crippen LogP contribution in [0.15, 0.2) is 77.3 Å². The maximum absolute atomic E-state index is 12.7. The van der Waals surface area contributed by atoms with Crippen LogP contribution in [0.1, 0.15) is 26.6 Å². The molecule has 0 aliphatic carbocycles. The third kappa shape index (κ3) is 5.72. The lowest BCUT2D eigenvalue weighted by molar-refractivity contribution is 0.102. The molecule has 0 bridgehead atoms. The van der Waals surface area contributed by atoms with Crippen LogP contribution in [0, 0.1) is 13.8 Å². The van der Waals surface area contributed by atoms with Gasteiger partial charge in [0.2, 0.25) is 0 Å². The Morgan fingerprint density at radius 2 is 1.81 bits per heavy atom. The van der Waals surface area contributed by atoms with Crippen LogP contribution < -0.4 is 5.32 Å². The Morgan fingerprint density at radius 3 is 2.59 bits per heavy atom. The van der Waals surface area contributed by atoms with Gasteiger partial charge >= 0.3 is 0 Å². The Bertz CT molecular complexity index is 1580. The fourth-order valence-electron chi connectivity index (χ4n) is 3.66. The summed E-state index contributed by atoms with van der Waals surface area (Å²) < 4.78 is 1.96. The van der Waals surface area contributed by atoms with E-state index in [0.717, 1.165) is 33.1 Å². The molecule has 3 aromatic carbocycles. The summed E-state index contributed by atoms with van der Waals surface area (Å²) in [5, 5.41) is 16.3. The number of anilines is 1. The van der Waals surface area contributed by atoms with Crippen molar-refractivity contribution in [2.75, 3.05) is 5.32 Å². The molecule has 0 atom stereocenters. The Labute approximate surface area is 232 Å². The number of halogens is 2. The number of thiazole rings is 1. The van der Waals surface area contributed by atoms with Gasteiger partial charge in [0, 0.05) is 21.7 Å². The molecular formula is C27H21Cl2N5OS2. The summed E-state index contributed by atoms with van der Waals surface area (Å²) in [5.74, 6) is 0.897. The van der Waals surface area contributed by atoms with Crippen molar-refractivity contribution in [1.29, 1.82) is 0 Å². The maximum atomic E-state index is 12.7. The summed E-state index contributed by atoms with van der Waals surface area (Å²) in [5.41, 5.74) is 4.90. The van der Waals surface area contributed by atoms with Crippen LogP contribution >= 0.6 is 46.3 Å². The summed E-state index contributed by atoms with van der Waals surface area (Å²) in [7, 11) is 0. The topological polar surface area (TPSA) is 72.7 Å². The van der Waals surface area contributed by atoms with Gasteiger partial charge in [-0.3, -0.25) is 9.36 Å². The zero-order chi connectivity index (χ0) is 25.9. The SMILES string of the molecule is Cc1ccc(NC(=O)c2csc(CSc3nnc(-c4ccccc4Cl)n3-c3cc(Cl)ccc3C)n2)cc1. The normalized spacial score (nSPS) is 11.0.